The molecule has 0 radical (unpaired) electrons. The lowest BCUT2D eigenvalue weighted by Crippen LogP contribution is -2.32. The molecule has 0 unspecified atom stereocenters. The molecule has 56 heavy (non-hydrogen) atoms. The molecule has 13 heteroatoms. The van der Waals surface area contributed by atoms with Crippen LogP contribution in [0.5, 0.6) is 11.5 Å². The highest BCUT2D eigenvalue weighted by Crippen LogP contribution is 2.43. The number of benzene rings is 4. The summed E-state index contributed by atoms with van der Waals surface area (Å²) in [5.74, 6) is -1.03. The second-order valence-corrected chi connectivity index (χ2v) is 12.8. The molecule has 2 aliphatic rings. The van der Waals surface area contributed by atoms with E-state index >= 15 is 0 Å². The van der Waals surface area contributed by atoms with Crippen LogP contribution in [0.25, 0.3) is 39.5 Å². The number of aromatic hydroxyl groups is 2. The van der Waals surface area contributed by atoms with E-state index in [1.165, 1.54) is 30.4 Å². The van der Waals surface area contributed by atoms with Crippen LogP contribution in [0.4, 0.5) is 5.69 Å². The van der Waals surface area contributed by atoms with Crippen LogP contribution in [-0.4, -0.2) is 87.2 Å². The summed E-state index contributed by atoms with van der Waals surface area (Å²) in [6.45, 7) is 10.5. The first kappa shape index (κ1) is 41.0. The molecule has 0 bridgehead atoms. The number of carbonyl (C=O) groups is 3. The number of nitrogens with zero attached hydrogens (tertiary/aromatic N) is 1. The van der Waals surface area contributed by atoms with E-state index < -0.39 is 18.5 Å². The van der Waals surface area contributed by atoms with Crippen LogP contribution < -0.4 is 21.3 Å². The smallest absolute Gasteiger partial charge is 0.339 e. The fourth-order valence-electron chi connectivity index (χ4n) is 6.07. The molecule has 1 aliphatic carbocycles. The van der Waals surface area contributed by atoms with Crippen molar-refractivity contribution in [2.75, 3.05) is 64.5 Å². The standard InChI is InChI=1S/C43H48N4O9/c1-5-44-35-24-38-33(21-27(35)3)42(34-22-28(4)36(45-6-2)25-39(34)56-38)31-9-7-8-10-32(31)43(52)55-26-41(51)47-16-18-54-20-19-53-17-15-46-40(50)14-12-29-11-13-30(48)23-37(29)49/h7-14,21-25,44,48-49H,5-6,15-20,26H2,1-4H3,(H,46,50)(H,47,51)/b14-12+,45-36?. The van der Waals surface area contributed by atoms with Gasteiger partial charge in [-0.2, -0.15) is 0 Å². The van der Waals surface area contributed by atoms with E-state index in [9.17, 15) is 24.6 Å². The van der Waals surface area contributed by atoms with Crippen LogP contribution in [0.1, 0.15) is 40.9 Å². The van der Waals surface area contributed by atoms with E-state index in [2.05, 4.69) is 27.0 Å². The summed E-state index contributed by atoms with van der Waals surface area (Å²) in [4.78, 5) is 42.8. The fourth-order valence-corrected chi connectivity index (χ4v) is 6.07. The summed E-state index contributed by atoms with van der Waals surface area (Å²) in [7, 11) is 0. The summed E-state index contributed by atoms with van der Waals surface area (Å²) in [5, 5.41) is 29.6. The summed E-state index contributed by atoms with van der Waals surface area (Å²) in [5.41, 5.74) is 6.63. The molecule has 3 aromatic carbocycles. The van der Waals surface area contributed by atoms with Gasteiger partial charge in [-0.3, -0.25) is 14.6 Å². The Morgan fingerprint density at radius 1 is 0.839 bits per heavy atom. The predicted molar refractivity (Wildman–Crippen MR) is 215 cm³/mol. The third-order valence-electron chi connectivity index (χ3n) is 8.74. The number of hydrogen-bond acceptors (Lipinski definition) is 11. The van der Waals surface area contributed by atoms with Crippen molar-refractivity contribution in [2.45, 2.75) is 27.7 Å². The van der Waals surface area contributed by atoms with Gasteiger partial charge in [0.1, 0.15) is 22.8 Å². The first-order valence-electron chi connectivity index (χ1n) is 18.5. The highest BCUT2D eigenvalue weighted by molar-refractivity contribution is 6.08. The average Bonchev–Trinajstić information content (AvgIpc) is 3.17. The Kier molecular flexibility index (Phi) is 14.6. The molecule has 1 heterocycles. The van der Waals surface area contributed by atoms with E-state index in [0.29, 0.717) is 34.6 Å². The van der Waals surface area contributed by atoms with Crippen LogP contribution in [0, 0.1) is 13.8 Å². The largest absolute Gasteiger partial charge is 0.508 e. The molecule has 5 rings (SSSR count). The van der Waals surface area contributed by atoms with Crippen LogP contribution >= 0.6 is 0 Å². The van der Waals surface area contributed by atoms with Gasteiger partial charge in [-0.1, -0.05) is 18.2 Å². The van der Waals surface area contributed by atoms with Crippen molar-refractivity contribution in [3.05, 3.63) is 100 Å². The van der Waals surface area contributed by atoms with Gasteiger partial charge in [-0.15, -0.1) is 0 Å². The minimum atomic E-state index is -0.634. The molecule has 0 saturated heterocycles. The molecule has 1 aliphatic heterocycles. The van der Waals surface area contributed by atoms with Crippen LogP contribution in [0.3, 0.4) is 0 Å². The Labute approximate surface area is 325 Å². The quantitative estimate of drug-likeness (QED) is 0.0321. The van der Waals surface area contributed by atoms with Crippen LogP contribution in [0.15, 0.2) is 82.2 Å². The zero-order chi connectivity index (χ0) is 40.0. The third-order valence-corrected chi connectivity index (χ3v) is 8.74. The number of phenols is 2. The van der Waals surface area contributed by atoms with E-state index in [-0.39, 0.29) is 56.9 Å². The van der Waals surface area contributed by atoms with Gasteiger partial charge in [-0.05, 0) is 80.8 Å². The second-order valence-electron chi connectivity index (χ2n) is 12.8. The van der Waals surface area contributed by atoms with Gasteiger partial charge in [0.25, 0.3) is 5.91 Å². The normalized spacial score (nSPS) is 11.7. The summed E-state index contributed by atoms with van der Waals surface area (Å²) < 4.78 is 22.9. The Hall–Kier alpha value is -6.18. The fraction of sp³-hybridized carbons (Fsp3) is 0.302. The molecule has 0 saturated carbocycles. The molecule has 294 valence electrons. The van der Waals surface area contributed by atoms with Crippen LogP contribution in [-0.2, 0) is 23.8 Å². The van der Waals surface area contributed by atoms with Crippen molar-refractivity contribution in [2.24, 2.45) is 4.99 Å². The maximum atomic E-state index is 13.6. The number of phenolic OH excluding ortho intramolecular Hbond substituents is 2. The lowest BCUT2D eigenvalue weighted by atomic mass is 9.89. The van der Waals surface area contributed by atoms with Crippen LogP contribution in [0.2, 0.25) is 0 Å². The molecule has 0 aromatic heterocycles. The zero-order valence-electron chi connectivity index (χ0n) is 32.1. The van der Waals surface area contributed by atoms with Crippen molar-refractivity contribution in [3.8, 4) is 33.9 Å². The molecule has 0 spiro atoms. The Morgan fingerprint density at radius 2 is 1.59 bits per heavy atom. The monoisotopic (exact) mass is 764 g/mol. The molecule has 13 nitrogen and oxygen atoms in total. The number of nitrogens with one attached hydrogen (secondary N) is 3. The number of hydrogen-bond donors (Lipinski definition) is 5. The number of carbonyl (C=O) groups excluding carboxylic acids is 3. The Balaban J connectivity index is 1.11. The number of aryl methyl sites for hydroxylation is 2. The summed E-state index contributed by atoms with van der Waals surface area (Å²) in [6.07, 6.45) is 2.71. The predicted octanol–water partition coefficient (Wildman–Crippen LogP) is 5.72. The van der Waals surface area contributed by atoms with Crippen molar-refractivity contribution in [1.29, 1.82) is 0 Å². The van der Waals surface area contributed by atoms with Crippen molar-refractivity contribution >= 4 is 40.5 Å². The molecule has 5 N–H and O–H groups in total. The maximum absolute atomic E-state index is 13.6. The summed E-state index contributed by atoms with van der Waals surface area (Å²) >= 11 is 0. The number of amides is 2. The lowest BCUT2D eigenvalue weighted by molar-refractivity contribution is -0.124. The zero-order valence-corrected chi connectivity index (χ0v) is 32.1. The van der Waals surface area contributed by atoms with E-state index in [1.54, 1.807) is 12.1 Å². The van der Waals surface area contributed by atoms with E-state index in [4.69, 9.17) is 18.6 Å². The van der Waals surface area contributed by atoms with Crippen molar-refractivity contribution in [3.63, 3.8) is 0 Å². The molecule has 0 fully saturated rings. The molecule has 0 atom stereocenters. The molecular weight excluding hydrogens is 716 g/mol. The minimum absolute atomic E-state index is 0.0707. The average molecular weight is 765 g/mol. The van der Waals surface area contributed by atoms with Crippen molar-refractivity contribution < 1.29 is 43.2 Å². The number of anilines is 1. The van der Waals surface area contributed by atoms with Gasteiger partial charge in [0.2, 0.25) is 5.91 Å². The molecule has 3 aromatic rings. The highest BCUT2D eigenvalue weighted by Gasteiger charge is 2.24. The minimum Gasteiger partial charge on any atom is -0.508 e. The Bertz CT molecular complexity index is 2250. The summed E-state index contributed by atoms with van der Waals surface area (Å²) in [6, 6.07) is 19.3. The second kappa shape index (κ2) is 19.9. The van der Waals surface area contributed by atoms with E-state index in [1.807, 2.05) is 58.0 Å². The van der Waals surface area contributed by atoms with Crippen molar-refractivity contribution in [1.82, 2.24) is 10.6 Å². The van der Waals surface area contributed by atoms with Gasteiger partial charge < -0.3 is 44.8 Å². The van der Waals surface area contributed by atoms with Gasteiger partial charge in [0.15, 0.2) is 6.61 Å². The topological polar surface area (TPSA) is 181 Å². The van der Waals surface area contributed by atoms with Gasteiger partial charge in [0, 0.05) is 78.2 Å². The maximum Gasteiger partial charge on any atom is 0.339 e. The third kappa shape index (κ3) is 10.7. The molecular formula is C43H48N4O9. The number of fused-ring (bicyclic) bond motifs is 2. The first-order chi connectivity index (χ1) is 27.1. The van der Waals surface area contributed by atoms with Gasteiger partial charge in [-0.25, -0.2) is 4.79 Å². The SMILES string of the molecule is CCN=c1cc2oc3cc(NCC)c(C)cc3c(-c3ccccc3C(=O)OCC(=O)NCCOCCOCCNC(=O)/C=C/c3ccc(O)cc3O)c-2cc1C. The number of rotatable bonds is 18. The van der Waals surface area contributed by atoms with Gasteiger partial charge >= 0.3 is 5.97 Å². The number of ether oxygens (including phenoxy) is 3. The Morgan fingerprint density at radius 3 is 2.32 bits per heavy atom. The first-order valence-corrected chi connectivity index (χ1v) is 18.5. The van der Waals surface area contributed by atoms with E-state index in [0.717, 1.165) is 45.2 Å². The highest BCUT2D eigenvalue weighted by atomic mass is 16.5. The van der Waals surface area contributed by atoms with Gasteiger partial charge in [0.05, 0.1) is 37.3 Å². The molecule has 2 amide bonds. The number of esters is 1. The lowest BCUT2D eigenvalue weighted by Gasteiger charge is -2.19.